The summed E-state index contributed by atoms with van der Waals surface area (Å²) in [4.78, 5) is 4.61. The van der Waals surface area contributed by atoms with Gasteiger partial charge in [-0.2, -0.15) is 0 Å². The van der Waals surface area contributed by atoms with Crippen molar-refractivity contribution in [2.75, 3.05) is 6.61 Å². The molecule has 1 aromatic carbocycles. The van der Waals surface area contributed by atoms with Crippen LogP contribution in [0.25, 0.3) is 10.9 Å². The average Bonchev–Trinajstić information content (AvgIpc) is 2.36. The Bertz CT molecular complexity index is 511. The Balaban J connectivity index is 2.03. The highest BCUT2D eigenvalue weighted by Gasteiger charge is 2.07. The fourth-order valence-corrected chi connectivity index (χ4v) is 1.87. The lowest BCUT2D eigenvalue weighted by atomic mass is 10.1. The number of aromatic nitrogens is 1. The first-order valence-corrected chi connectivity index (χ1v) is 6.37. The molecule has 2 N–H and O–H groups in total. The Labute approximate surface area is 108 Å². The molecule has 0 aliphatic heterocycles. The van der Waals surface area contributed by atoms with E-state index in [9.17, 15) is 0 Å². The molecular weight excluding hydrogens is 224 g/mol. The van der Waals surface area contributed by atoms with Crippen LogP contribution >= 0.6 is 0 Å². The lowest BCUT2D eigenvalue weighted by molar-refractivity contribution is 0.0682. The zero-order valence-corrected chi connectivity index (χ0v) is 11.0. The number of para-hydroxylation sites is 1. The standard InChI is InChI=1S/C15H20N2O/c1-11(2)18-10-13(16)9-14-8-7-12-5-3-4-6-15(12)17-14/h3-8,11,13H,9-10,16H2,1-2H3. The molecule has 3 nitrogen and oxygen atoms in total. The summed E-state index contributed by atoms with van der Waals surface area (Å²) in [6.07, 6.45) is 0.970. The monoisotopic (exact) mass is 244 g/mol. The van der Waals surface area contributed by atoms with Crippen molar-refractivity contribution in [3.8, 4) is 0 Å². The first-order valence-electron chi connectivity index (χ1n) is 6.37. The van der Waals surface area contributed by atoms with Crippen LogP contribution in [0.2, 0.25) is 0 Å². The Morgan fingerprint density at radius 1 is 1.17 bits per heavy atom. The Morgan fingerprint density at radius 2 is 1.94 bits per heavy atom. The number of hydrogen-bond acceptors (Lipinski definition) is 3. The molecule has 1 heterocycles. The van der Waals surface area contributed by atoms with Crippen LogP contribution < -0.4 is 5.73 Å². The molecular formula is C15H20N2O. The van der Waals surface area contributed by atoms with Crippen molar-refractivity contribution < 1.29 is 4.74 Å². The second kappa shape index (κ2) is 5.94. The molecule has 3 heteroatoms. The van der Waals surface area contributed by atoms with Crippen molar-refractivity contribution in [1.29, 1.82) is 0 Å². The van der Waals surface area contributed by atoms with Crippen molar-refractivity contribution >= 4 is 10.9 Å². The molecule has 0 radical (unpaired) electrons. The van der Waals surface area contributed by atoms with Gasteiger partial charge in [-0.05, 0) is 26.0 Å². The minimum Gasteiger partial charge on any atom is -0.377 e. The number of rotatable bonds is 5. The van der Waals surface area contributed by atoms with Crippen LogP contribution in [0.3, 0.4) is 0 Å². The molecule has 2 aromatic rings. The molecule has 0 saturated carbocycles. The van der Waals surface area contributed by atoms with Gasteiger partial charge in [0.05, 0.1) is 18.2 Å². The van der Waals surface area contributed by atoms with Gasteiger partial charge in [0.1, 0.15) is 0 Å². The Hall–Kier alpha value is -1.45. The van der Waals surface area contributed by atoms with Crippen LogP contribution in [0.5, 0.6) is 0 Å². The predicted molar refractivity (Wildman–Crippen MR) is 74.5 cm³/mol. The number of fused-ring (bicyclic) bond motifs is 1. The SMILES string of the molecule is CC(C)OCC(N)Cc1ccc2ccccc2n1. The van der Waals surface area contributed by atoms with Gasteiger partial charge in [0, 0.05) is 23.5 Å². The van der Waals surface area contributed by atoms with Crippen LogP contribution in [0.4, 0.5) is 0 Å². The van der Waals surface area contributed by atoms with Crippen molar-refractivity contribution in [3.63, 3.8) is 0 Å². The maximum atomic E-state index is 6.03. The van der Waals surface area contributed by atoms with Gasteiger partial charge in [0.25, 0.3) is 0 Å². The number of nitrogens with two attached hydrogens (primary N) is 1. The summed E-state index contributed by atoms with van der Waals surface area (Å²) < 4.78 is 5.51. The van der Waals surface area contributed by atoms with Crippen LogP contribution in [0, 0.1) is 0 Å². The van der Waals surface area contributed by atoms with E-state index in [0.717, 1.165) is 23.0 Å². The van der Waals surface area contributed by atoms with Gasteiger partial charge in [-0.1, -0.05) is 24.3 Å². The number of ether oxygens (including phenoxy) is 1. The fraction of sp³-hybridized carbons (Fsp3) is 0.400. The second-order valence-electron chi connectivity index (χ2n) is 4.84. The summed E-state index contributed by atoms with van der Waals surface area (Å²) in [7, 11) is 0. The molecule has 0 aliphatic carbocycles. The van der Waals surface area contributed by atoms with Gasteiger partial charge in [-0.3, -0.25) is 4.98 Å². The van der Waals surface area contributed by atoms with Crippen molar-refractivity contribution in [1.82, 2.24) is 4.98 Å². The van der Waals surface area contributed by atoms with E-state index >= 15 is 0 Å². The van der Waals surface area contributed by atoms with E-state index in [4.69, 9.17) is 10.5 Å². The van der Waals surface area contributed by atoms with Crippen LogP contribution in [-0.4, -0.2) is 23.7 Å². The Morgan fingerprint density at radius 3 is 2.72 bits per heavy atom. The van der Waals surface area contributed by atoms with E-state index in [-0.39, 0.29) is 12.1 Å². The minimum absolute atomic E-state index is 0.000984. The molecule has 0 spiro atoms. The van der Waals surface area contributed by atoms with Crippen LogP contribution in [0.15, 0.2) is 36.4 Å². The second-order valence-corrected chi connectivity index (χ2v) is 4.84. The van der Waals surface area contributed by atoms with Gasteiger partial charge >= 0.3 is 0 Å². The van der Waals surface area contributed by atoms with E-state index < -0.39 is 0 Å². The summed E-state index contributed by atoms with van der Waals surface area (Å²) in [6, 6.07) is 12.2. The molecule has 1 unspecified atom stereocenters. The van der Waals surface area contributed by atoms with Crippen molar-refractivity contribution in [2.45, 2.75) is 32.4 Å². The van der Waals surface area contributed by atoms with E-state index in [1.165, 1.54) is 0 Å². The minimum atomic E-state index is 0.000984. The number of nitrogens with zero attached hydrogens (tertiary/aromatic N) is 1. The molecule has 2 rings (SSSR count). The van der Waals surface area contributed by atoms with E-state index in [0.29, 0.717) is 6.61 Å². The number of benzene rings is 1. The van der Waals surface area contributed by atoms with E-state index in [2.05, 4.69) is 17.1 Å². The summed E-state index contributed by atoms with van der Waals surface area (Å²) in [5, 5.41) is 1.16. The Kier molecular flexibility index (Phi) is 4.28. The van der Waals surface area contributed by atoms with Crippen LogP contribution in [0.1, 0.15) is 19.5 Å². The zero-order chi connectivity index (χ0) is 13.0. The summed E-state index contributed by atoms with van der Waals surface area (Å²) in [5.41, 5.74) is 8.08. The van der Waals surface area contributed by atoms with Crippen molar-refractivity contribution in [3.05, 3.63) is 42.1 Å². The maximum absolute atomic E-state index is 6.03. The highest BCUT2D eigenvalue weighted by molar-refractivity contribution is 5.78. The van der Waals surface area contributed by atoms with E-state index in [1.807, 2.05) is 38.1 Å². The molecule has 18 heavy (non-hydrogen) atoms. The molecule has 1 atom stereocenters. The first-order chi connectivity index (χ1) is 8.65. The normalized spacial score (nSPS) is 13.1. The third-order valence-corrected chi connectivity index (χ3v) is 2.77. The van der Waals surface area contributed by atoms with Crippen LogP contribution in [-0.2, 0) is 11.2 Å². The summed E-state index contributed by atoms with van der Waals surface area (Å²) in [5.74, 6) is 0. The lowest BCUT2D eigenvalue weighted by Crippen LogP contribution is -2.30. The highest BCUT2D eigenvalue weighted by Crippen LogP contribution is 2.12. The molecule has 96 valence electrons. The smallest absolute Gasteiger partial charge is 0.0705 e. The number of hydrogen-bond donors (Lipinski definition) is 1. The van der Waals surface area contributed by atoms with Gasteiger partial charge in [-0.15, -0.1) is 0 Å². The molecule has 1 aromatic heterocycles. The topological polar surface area (TPSA) is 48.1 Å². The lowest BCUT2D eigenvalue weighted by Gasteiger charge is -2.14. The van der Waals surface area contributed by atoms with E-state index in [1.54, 1.807) is 0 Å². The largest absolute Gasteiger partial charge is 0.377 e. The van der Waals surface area contributed by atoms with Gasteiger partial charge in [0.15, 0.2) is 0 Å². The molecule has 0 aliphatic rings. The zero-order valence-electron chi connectivity index (χ0n) is 11.0. The third kappa shape index (κ3) is 3.52. The average molecular weight is 244 g/mol. The summed E-state index contributed by atoms with van der Waals surface area (Å²) >= 11 is 0. The predicted octanol–water partition coefficient (Wildman–Crippen LogP) is 2.53. The molecule has 0 saturated heterocycles. The molecule has 0 bridgehead atoms. The highest BCUT2D eigenvalue weighted by atomic mass is 16.5. The van der Waals surface area contributed by atoms with Gasteiger partial charge in [0.2, 0.25) is 0 Å². The molecule has 0 fully saturated rings. The number of pyridine rings is 1. The molecule has 0 amide bonds. The van der Waals surface area contributed by atoms with Gasteiger partial charge < -0.3 is 10.5 Å². The summed E-state index contributed by atoms with van der Waals surface area (Å²) in [6.45, 7) is 4.61. The quantitative estimate of drug-likeness (QED) is 0.879. The van der Waals surface area contributed by atoms with Crippen molar-refractivity contribution in [2.24, 2.45) is 5.73 Å². The van der Waals surface area contributed by atoms with Gasteiger partial charge in [-0.25, -0.2) is 0 Å². The first kappa shape index (κ1) is 13.0. The fourth-order valence-electron chi connectivity index (χ4n) is 1.87. The third-order valence-electron chi connectivity index (χ3n) is 2.77. The maximum Gasteiger partial charge on any atom is 0.0705 e.